The van der Waals surface area contributed by atoms with Gasteiger partial charge in [-0.1, -0.05) is 48.5 Å². The van der Waals surface area contributed by atoms with E-state index in [2.05, 4.69) is 6.07 Å². The normalized spacial score (nSPS) is 14.4. The van der Waals surface area contributed by atoms with Gasteiger partial charge in [0.25, 0.3) is 5.91 Å². The average Bonchev–Trinajstić information content (AvgIpc) is 3.23. The number of piperidine rings is 1. The zero-order chi connectivity index (χ0) is 20.1. The number of nitriles is 1. The van der Waals surface area contributed by atoms with Gasteiger partial charge >= 0.3 is 0 Å². The van der Waals surface area contributed by atoms with E-state index in [1.807, 2.05) is 66.9 Å². The Labute approximate surface area is 170 Å². The number of nitrogens with zero attached hydrogens (tertiary/aromatic N) is 4. The maximum Gasteiger partial charge on any atom is 0.264 e. The molecule has 29 heavy (non-hydrogen) atoms. The molecule has 0 atom stereocenters. The Morgan fingerprint density at radius 2 is 1.62 bits per heavy atom. The summed E-state index contributed by atoms with van der Waals surface area (Å²) in [6.45, 7) is 1.43. The van der Waals surface area contributed by atoms with Crippen molar-refractivity contribution in [3.63, 3.8) is 0 Å². The Bertz CT molecular complexity index is 1060. The summed E-state index contributed by atoms with van der Waals surface area (Å²) in [5.74, 6) is -0.196. The number of likely N-dealkylation sites (tertiary alicyclic amines) is 1. The Morgan fingerprint density at radius 1 is 0.966 bits per heavy atom. The summed E-state index contributed by atoms with van der Waals surface area (Å²) < 4.78 is 1.79. The first-order valence-electron chi connectivity index (χ1n) is 9.88. The van der Waals surface area contributed by atoms with Crippen molar-refractivity contribution in [3.05, 3.63) is 78.0 Å². The Kier molecular flexibility index (Phi) is 5.53. The van der Waals surface area contributed by atoms with E-state index in [4.69, 9.17) is 5.10 Å². The number of hydrogen-bond donors (Lipinski definition) is 0. The Hall–Kier alpha value is -3.65. The van der Waals surface area contributed by atoms with Crippen molar-refractivity contribution >= 4 is 12.0 Å². The molecule has 0 unspecified atom stereocenters. The summed E-state index contributed by atoms with van der Waals surface area (Å²) in [5.41, 5.74) is 3.51. The second kappa shape index (κ2) is 8.57. The molecular weight excluding hydrogens is 360 g/mol. The van der Waals surface area contributed by atoms with Crippen LogP contribution in [0.2, 0.25) is 0 Å². The molecule has 1 aliphatic heterocycles. The predicted octanol–water partition coefficient (Wildman–Crippen LogP) is 4.46. The summed E-state index contributed by atoms with van der Waals surface area (Å²) in [6, 6.07) is 21.7. The minimum atomic E-state index is -0.196. The van der Waals surface area contributed by atoms with Crippen LogP contribution in [0.4, 0.5) is 0 Å². The third kappa shape index (κ3) is 4.12. The van der Waals surface area contributed by atoms with Crippen molar-refractivity contribution in [2.24, 2.45) is 0 Å². The molecule has 1 amide bonds. The van der Waals surface area contributed by atoms with Gasteiger partial charge in [0.2, 0.25) is 0 Å². The van der Waals surface area contributed by atoms with Gasteiger partial charge < -0.3 is 4.90 Å². The maximum atomic E-state index is 12.9. The van der Waals surface area contributed by atoms with Gasteiger partial charge in [0.15, 0.2) is 0 Å². The molecule has 4 rings (SSSR count). The highest BCUT2D eigenvalue weighted by atomic mass is 16.2. The van der Waals surface area contributed by atoms with Crippen molar-refractivity contribution in [1.29, 1.82) is 5.26 Å². The quantitative estimate of drug-likeness (QED) is 0.494. The van der Waals surface area contributed by atoms with Crippen molar-refractivity contribution in [1.82, 2.24) is 14.7 Å². The van der Waals surface area contributed by atoms with Gasteiger partial charge in [-0.05, 0) is 37.5 Å². The largest absolute Gasteiger partial charge is 0.338 e. The number of rotatable bonds is 4. The van der Waals surface area contributed by atoms with Crippen LogP contribution >= 0.6 is 0 Å². The molecular formula is C24H22N4O. The highest BCUT2D eigenvalue weighted by Gasteiger charge is 2.21. The van der Waals surface area contributed by atoms with Crippen LogP contribution in [-0.4, -0.2) is 33.7 Å². The van der Waals surface area contributed by atoms with Crippen molar-refractivity contribution in [2.45, 2.75) is 19.3 Å². The van der Waals surface area contributed by atoms with E-state index < -0.39 is 0 Å². The van der Waals surface area contributed by atoms with Gasteiger partial charge in [-0.15, -0.1) is 0 Å². The van der Waals surface area contributed by atoms with Crippen LogP contribution in [0.3, 0.4) is 0 Å². The molecule has 0 radical (unpaired) electrons. The summed E-state index contributed by atoms with van der Waals surface area (Å²) in [4.78, 5) is 14.6. The molecule has 0 saturated carbocycles. The van der Waals surface area contributed by atoms with Crippen LogP contribution in [0.5, 0.6) is 0 Å². The molecule has 1 fully saturated rings. The molecule has 0 spiro atoms. The molecule has 2 heterocycles. The smallest absolute Gasteiger partial charge is 0.264 e. The molecule has 1 aromatic heterocycles. The minimum absolute atomic E-state index is 0.150. The monoisotopic (exact) mass is 382 g/mol. The van der Waals surface area contributed by atoms with Crippen molar-refractivity contribution in [3.8, 4) is 23.0 Å². The standard InChI is InChI=1S/C24H22N4O/c25-17-20(24(29)27-14-8-3-9-15-27)16-21-18-28(22-12-6-2-7-13-22)26-23(21)19-10-4-1-5-11-19/h1-2,4-7,10-13,16,18H,3,8-9,14-15H2/b20-16+. The lowest BCUT2D eigenvalue weighted by molar-refractivity contribution is -0.127. The highest BCUT2D eigenvalue weighted by Crippen LogP contribution is 2.26. The lowest BCUT2D eigenvalue weighted by Crippen LogP contribution is -2.36. The molecule has 2 aromatic carbocycles. The van der Waals surface area contributed by atoms with Gasteiger partial charge in [0.05, 0.1) is 11.4 Å². The first-order valence-corrected chi connectivity index (χ1v) is 9.88. The number of carbonyl (C=O) groups excluding carboxylic acids is 1. The molecule has 144 valence electrons. The van der Waals surface area contributed by atoms with E-state index in [0.717, 1.165) is 41.8 Å². The molecule has 3 aromatic rings. The van der Waals surface area contributed by atoms with Gasteiger partial charge in [0.1, 0.15) is 11.6 Å². The average molecular weight is 382 g/mol. The fourth-order valence-electron chi connectivity index (χ4n) is 3.59. The molecule has 5 nitrogen and oxygen atoms in total. The minimum Gasteiger partial charge on any atom is -0.338 e. The highest BCUT2D eigenvalue weighted by molar-refractivity contribution is 6.02. The van der Waals surface area contributed by atoms with Crippen molar-refractivity contribution < 1.29 is 4.79 Å². The zero-order valence-electron chi connectivity index (χ0n) is 16.2. The second-order valence-electron chi connectivity index (χ2n) is 7.10. The van der Waals surface area contributed by atoms with Gasteiger partial charge in [-0.25, -0.2) is 4.68 Å². The maximum absolute atomic E-state index is 12.9. The molecule has 0 N–H and O–H groups in total. The van der Waals surface area contributed by atoms with Gasteiger partial charge in [0, 0.05) is 30.4 Å². The Balaban J connectivity index is 1.76. The number of carbonyl (C=O) groups is 1. The number of hydrogen-bond acceptors (Lipinski definition) is 3. The van der Waals surface area contributed by atoms with E-state index in [9.17, 15) is 10.1 Å². The summed E-state index contributed by atoms with van der Waals surface area (Å²) in [7, 11) is 0. The van der Waals surface area contributed by atoms with Crippen LogP contribution in [0.25, 0.3) is 23.0 Å². The van der Waals surface area contributed by atoms with E-state index >= 15 is 0 Å². The molecule has 0 bridgehead atoms. The first-order chi connectivity index (χ1) is 14.3. The second-order valence-corrected chi connectivity index (χ2v) is 7.10. The third-order valence-corrected chi connectivity index (χ3v) is 5.10. The van der Waals surface area contributed by atoms with Crippen LogP contribution in [0.15, 0.2) is 72.4 Å². The summed E-state index contributed by atoms with van der Waals surface area (Å²) in [5, 5.41) is 14.4. The van der Waals surface area contributed by atoms with Crippen LogP contribution < -0.4 is 0 Å². The van der Waals surface area contributed by atoms with E-state index in [1.54, 1.807) is 15.7 Å². The molecule has 1 saturated heterocycles. The number of benzene rings is 2. The van der Waals surface area contributed by atoms with Gasteiger partial charge in [-0.2, -0.15) is 10.4 Å². The number of aromatic nitrogens is 2. The van der Waals surface area contributed by atoms with Crippen molar-refractivity contribution in [2.75, 3.05) is 13.1 Å². The summed E-state index contributed by atoms with van der Waals surface area (Å²) >= 11 is 0. The fraction of sp³-hybridized carbons (Fsp3) is 0.208. The van der Waals surface area contributed by atoms with E-state index in [-0.39, 0.29) is 11.5 Å². The van der Waals surface area contributed by atoms with Gasteiger partial charge in [-0.3, -0.25) is 4.79 Å². The van der Waals surface area contributed by atoms with E-state index in [1.165, 1.54) is 0 Å². The third-order valence-electron chi connectivity index (χ3n) is 5.10. The van der Waals surface area contributed by atoms with Crippen LogP contribution in [0, 0.1) is 11.3 Å². The lowest BCUT2D eigenvalue weighted by atomic mass is 10.0. The SMILES string of the molecule is N#C/C(=C\c1cn(-c2ccccc2)nc1-c1ccccc1)C(=O)N1CCCCC1. The zero-order valence-corrected chi connectivity index (χ0v) is 16.2. The first kappa shape index (κ1) is 18.7. The Morgan fingerprint density at radius 3 is 2.28 bits per heavy atom. The topological polar surface area (TPSA) is 61.9 Å². The number of amides is 1. The van der Waals surface area contributed by atoms with Crippen LogP contribution in [0.1, 0.15) is 24.8 Å². The number of para-hydroxylation sites is 1. The lowest BCUT2D eigenvalue weighted by Gasteiger charge is -2.26. The van der Waals surface area contributed by atoms with E-state index in [0.29, 0.717) is 13.1 Å². The summed E-state index contributed by atoms with van der Waals surface area (Å²) in [6.07, 6.45) is 6.67. The molecule has 0 aliphatic carbocycles. The molecule has 5 heteroatoms. The fourth-order valence-corrected chi connectivity index (χ4v) is 3.59. The van der Waals surface area contributed by atoms with Crippen LogP contribution in [-0.2, 0) is 4.79 Å². The predicted molar refractivity (Wildman–Crippen MR) is 113 cm³/mol. The molecule has 1 aliphatic rings.